The number of benzene rings is 2. The Hall–Kier alpha value is -3.29. The molecule has 6 nitrogen and oxygen atoms in total. The molecule has 0 amide bonds. The van der Waals surface area contributed by atoms with Crippen molar-refractivity contribution < 1.29 is 28.0 Å². The van der Waals surface area contributed by atoms with Crippen LogP contribution in [0.15, 0.2) is 52.8 Å². The Bertz CT molecular complexity index is 1040. The van der Waals surface area contributed by atoms with Crippen LogP contribution in [0.3, 0.4) is 0 Å². The fourth-order valence-corrected chi connectivity index (χ4v) is 3.75. The van der Waals surface area contributed by atoms with Crippen LogP contribution in [-0.4, -0.2) is 31.6 Å². The van der Waals surface area contributed by atoms with E-state index in [-0.39, 0.29) is 18.2 Å². The van der Waals surface area contributed by atoms with Crippen molar-refractivity contribution in [2.45, 2.75) is 32.3 Å². The zero-order valence-corrected chi connectivity index (χ0v) is 17.8. The quantitative estimate of drug-likeness (QED) is 0.355. The molecule has 2 aromatic carbocycles. The first-order valence-corrected chi connectivity index (χ1v) is 9.71. The predicted octanol–water partition coefficient (Wildman–Crippen LogP) is 4.36. The van der Waals surface area contributed by atoms with Crippen LogP contribution in [0.4, 0.5) is 8.78 Å². The van der Waals surface area contributed by atoms with Crippen molar-refractivity contribution in [3.8, 4) is 0 Å². The average Bonchev–Trinajstić information content (AvgIpc) is 3.44. The molecule has 2 unspecified atom stereocenters. The van der Waals surface area contributed by atoms with Crippen molar-refractivity contribution in [3.63, 3.8) is 0 Å². The van der Waals surface area contributed by atoms with E-state index >= 15 is 0 Å². The summed E-state index contributed by atoms with van der Waals surface area (Å²) in [5, 5.41) is 7.96. The van der Waals surface area contributed by atoms with E-state index in [1.54, 1.807) is 24.3 Å². The van der Waals surface area contributed by atoms with Gasteiger partial charge in [0.1, 0.15) is 25.4 Å². The Labute approximate surface area is 179 Å². The normalized spacial score (nSPS) is 20.9. The number of oxime groups is 2. The number of ether oxygens (including phenoxy) is 1. The maximum absolute atomic E-state index is 14.2. The lowest BCUT2D eigenvalue weighted by molar-refractivity contribution is -0.132. The fraction of sp³-hybridized carbons (Fsp3) is 0.348. The van der Waals surface area contributed by atoms with Gasteiger partial charge < -0.3 is 14.4 Å². The number of esters is 1. The van der Waals surface area contributed by atoms with Crippen LogP contribution in [0.25, 0.3) is 0 Å². The van der Waals surface area contributed by atoms with Crippen molar-refractivity contribution in [2.24, 2.45) is 16.2 Å². The van der Waals surface area contributed by atoms with Crippen molar-refractivity contribution in [1.29, 1.82) is 0 Å². The molecule has 0 radical (unpaired) electrons. The molecule has 2 atom stereocenters. The second-order valence-electron chi connectivity index (χ2n) is 7.58. The second kappa shape index (κ2) is 9.24. The van der Waals surface area contributed by atoms with Gasteiger partial charge in [0.2, 0.25) is 0 Å². The van der Waals surface area contributed by atoms with Crippen molar-refractivity contribution in [3.05, 3.63) is 70.8 Å². The van der Waals surface area contributed by atoms with Gasteiger partial charge in [-0.05, 0) is 25.0 Å². The summed E-state index contributed by atoms with van der Waals surface area (Å²) in [5.74, 6) is -1.80. The standard InChI is InChI=1S/C23H24F2N2O4/c1-14(19-12-23(19,2)18-10-9-16(24)11-20(18)25)26-31-13-15-7-5-6-8-17(15)21(27-30-4)22(28)29-3/h5-11,19H,12-13H2,1-4H3. The molecule has 3 rings (SSSR count). The third-order valence-electron chi connectivity index (χ3n) is 5.55. The van der Waals surface area contributed by atoms with E-state index in [0.717, 1.165) is 6.07 Å². The van der Waals surface area contributed by atoms with E-state index in [1.165, 1.54) is 26.4 Å². The van der Waals surface area contributed by atoms with E-state index in [9.17, 15) is 13.6 Å². The van der Waals surface area contributed by atoms with Gasteiger partial charge in [-0.1, -0.05) is 47.6 Å². The number of nitrogens with zero attached hydrogens (tertiary/aromatic N) is 2. The molecule has 0 spiro atoms. The van der Waals surface area contributed by atoms with E-state index in [0.29, 0.717) is 28.8 Å². The highest BCUT2D eigenvalue weighted by Crippen LogP contribution is 2.55. The summed E-state index contributed by atoms with van der Waals surface area (Å²) < 4.78 is 32.2. The lowest BCUT2D eigenvalue weighted by atomic mass is 9.93. The van der Waals surface area contributed by atoms with Gasteiger partial charge >= 0.3 is 5.97 Å². The van der Waals surface area contributed by atoms with Crippen LogP contribution in [0.2, 0.25) is 0 Å². The Morgan fingerprint density at radius 2 is 1.90 bits per heavy atom. The minimum Gasteiger partial charge on any atom is -0.464 e. The first kappa shape index (κ1) is 22.4. The third kappa shape index (κ3) is 4.73. The molecule has 1 aliphatic rings. The molecule has 1 saturated carbocycles. The van der Waals surface area contributed by atoms with Gasteiger partial charge in [-0.25, -0.2) is 13.6 Å². The fourth-order valence-electron chi connectivity index (χ4n) is 3.75. The molecular formula is C23H24F2N2O4. The van der Waals surface area contributed by atoms with Crippen LogP contribution >= 0.6 is 0 Å². The first-order valence-electron chi connectivity index (χ1n) is 9.71. The van der Waals surface area contributed by atoms with Crippen LogP contribution in [0.1, 0.15) is 37.0 Å². The van der Waals surface area contributed by atoms with Crippen molar-refractivity contribution in [2.75, 3.05) is 14.2 Å². The largest absolute Gasteiger partial charge is 0.464 e. The summed E-state index contributed by atoms with van der Waals surface area (Å²) in [6.45, 7) is 3.82. The van der Waals surface area contributed by atoms with Crippen molar-refractivity contribution >= 4 is 17.4 Å². The van der Waals surface area contributed by atoms with Crippen LogP contribution < -0.4 is 0 Å². The second-order valence-corrected chi connectivity index (χ2v) is 7.58. The Morgan fingerprint density at radius 1 is 1.16 bits per heavy atom. The van der Waals surface area contributed by atoms with E-state index in [1.807, 2.05) is 13.8 Å². The highest BCUT2D eigenvalue weighted by molar-refractivity contribution is 6.43. The summed E-state index contributed by atoms with van der Waals surface area (Å²) in [7, 11) is 2.60. The van der Waals surface area contributed by atoms with Crippen molar-refractivity contribution in [1.82, 2.24) is 0 Å². The number of rotatable bonds is 8. The molecule has 0 N–H and O–H groups in total. The number of methoxy groups -OCH3 is 1. The highest BCUT2D eigenvalue weighted by Gasteiger charge is 2.54. The van der Waals surface area contributed by atoms with Crippen LogP contribution in [0.5, 0.6) is 0 Å². The van der Waals surface area contributed by atoms with Gasteiger partial charge in [-0.2, -0.15) is 0 Å². The van der Waals surface area contributed by atoms with Gasteiger partial charge in [0.15, 0.2) is 5.71 Å². The van der Waals surface area contributed by atoms with Crippen LogP contribution in [-0.2, 0) is 31.2 Å². The summed E-state index contributed by atoms with van der Waals surface area (Å²) in [4.78, 5) is 22.3. The monoisotopic (exact) mass is 430 g/mol. The van der Waals surface area contributed by atoms with E-state index in [2.05, 4.69) is 10.3 Å². The minimum atomic E-state index is -0.635. The van der Waals surface area contributed by atoms with Gasteiger partial charge in [-0.15, -0.1) is 0 Å². The molecule has 0 aliphatic heterocycles. The van der Waals surface area contributed by atoms with Gasteiger partial charge in [0, 0.05) is 28.5 Å². The zero-order chi connectivity index (χ0) is 22.6. The smallest absolute Gasteiger partial charge is 0.360 e. The average molecular weight is 430 g/mol. The molecule has 1 fully saturated rings. The molecule has 2 aromatic rings. The minimum absolute atomic E-state index is 0.0108. The molecule has 0 bridgehead atoms. The summed E-state index contributed by atoms with van der Waals surface area (Å²) in [5.41, 5.74) is 1.93. The molecular weight excluding hydrogens is 406 g/mol. The molecule has 164 valence electrons. The SMILES string of the molecule is CON=C(C(=O)OC)c1ccccc1CON=C(C)C1CC1(C)c1ccc(F)cc1F. The van der Waals surface area contributed by atoms with E-state index < -0.39 is 23.0 Å². The zero-order valence-electron chi connectivity index (χ0n) is 17.8. The number of hydrogen-bond acceptors (Lipinski definition) is 6. The highest BCUT2D eigenvalue weighted by atomic mass is 19.1. The molecule has 31 heavy (non-hydrogen) atoms. The first-order chi connectivity index (χ1) is 14.8. The third-order valence-corrected chi connectivity index (χ3v) is 5.55. The number of carbonyl (C=O) groups is 1. The lowest BCUT2D eigenvalue weighted by Crippen LogP contribution is -2.19. The van der Waals surface area contributed by atoms with Gasteiger partial charge in [0.25, 0.3) is 0 Å². The topological polar surface area (TPSA) is 69.5 Å². The number of halogens is 2. The maximum Gasteiger partial charge on any atom is 0.360 e. The Balaban J connectivity index is 1.72. The maximum atomic E-state index is 14.2. The number of carbonyl (C=O) groups excluding carboxylic acids is 1. The molecule has 0 aromatic heterocycles. The van der Waals surface area contributed by atoms with Crippen LogP contribution in [0, 0.1) is 17.6 Å². The summed E-state index contributed by atoms with van der Waals surface area (Å²) >= 11 is 0. The number of hydrogen-bond donors (Lipinski definition) is 0. The molecule has 0 saturated heterocycles. The molecule has 8 heteroatoms. The molecule has 0 heterocycles. The molecule has 1 aliphatic carbocycles. The van der Waals surface area contributed by atoms with E-state index in [4.69, 9.17) is 14.4 Å². The summed E-state index contributed by atoms with van der Waals surface area (Å²) in [6, 6.07) is 10.7. The predicted molar refractivity (Wildman–Crippen MR) is 112 cm³/mol. The van der Waals surface area contributed by atoms with Gasteiger partial charge in [0.05, 0.1) is 12.8 Å². The lowest BCUT2D eigenvalue weighted by Gasteiger charge is -2.13. The van der Waals surface area contributed by atoms with Gasteiger partial charge in [-0.3, -0.25) is 0 Å². The Kier molecular flexibility index (Phi) is 6.68. The Morgan fingerprint density at radius 3 is 2.58 bits per heavy atom. The summed E-state index contributed by atoms with van der Waals surface area (Å²) in [6.07, 6.45) is 0.692.